The maximum Gasteiger partial charge on any atom is 0.217 e. The number of aliphatic hydroxyl groups excluding tert-OH is 1. The van der Waals surface area contributed by atoms with Gasteiger partial charge in [0, 0.05) is 25.5 Å². The number of carbonyl (C=O) groups is 1. The average Bonchev–Trinajstić information content (AvgIpc) is 3.42. The van der Waals surface area contributed by atoms with Crippen molar-refractivity contribution in [2.45, 2.75) is 51.5 Å². The van der Waals surface area contributed by atoms with E-state index in [9.17, 15) is 9.90 Å². The fraction of sp³-hybridized carbons (Fsp3) is 0.235. The third-order valence-corrected chi connectivity index (χ3v) is 7.50. The third-order valence-electron chi connectivity index (χ3n) is 7.50. The molecule has 1 amide bonds. The first-order chi connectivity index (χ1) is 20.1. The summed E-state index contributed by atoms with van der Waals surface area (Å²) < 4.78 is 15.3. The summed E-state index contributed by atoms with van der Waals surface area (Å²) in [6.07, 6.45) is 1.71. The van der Waals surface area contributed by atoms with Gasteiger partial charge in [-0.3, -0.25) is 4.79 Å². The van der Waals surface area contributed by atoms with Crippen LogP contribution in [0.4, 0.5) is 0 Å². The van der Waals surface area contributed by atoms with Crippen LogP contribution in [0.3, 0.4) is 0 Å². The molecule has 0 saturated carbocycles. The van der Waals surface area contributed by atoms with E-state index in [1.165, 1.54) is 6.92 Å². The number of hydrogen-bond donors (Lipinski definition) is 2. The van der Waals surface area contributed by atoms with Crippen LogP contribution in [-0.2, 0) is 34.0 Å². The van der Waals surface area contributed by atoms with E-state index < -0.39 is 6.29 Å². The molecule has 0 spiro atoms. The lowest BCUT2D eigenvalue weighted by molar-refractivity contribution is -0.252. The van der Waals surface area contributed by atoms with Crippen LogP contribution in [0.1, 0.15) is 48.0 Å². The largest absolute Gasteiger partial charge is 0.392 e. The lowest BCUT2D eigenvalue weighted by Gasteiger charge is -2.36. The highest BCUT2D eigenvalue weighted by Gasteiger charge is 2.32. The molecule has 7 heteroatoms. The second kappa shape index (κ2) is 12.1. The van der Waals surface area contributed by atoms with Crippen molar-refractivity contribution in [3.8, 4) is 11.1 Å². The minimum Gasteiger partial charge on any atom is -0.392 e. The number of rotatable bonds is 8. The molecule has 7 nitrogen and oxygen atoms in total. The second-order valence-corrected chi connectivity index (χ2v) is 10.5. The standard InChI is InChI=1S/C34H33N3O4/c1-23(39)35-19-25-6-4-7-27(16-25)28-8-5-9-29(17-28)34-40-30(20-37-22-36-31-10-2-3-11-32(31)37)18-33(41-34)26-14-12-24(21-38)13-15-26/h2-17,22,30,33-34,38H,18-21H2,1H3,(H,35,39). The van der Waals surface area contributed by atoms with Crippen molar-refractivity contribution >= 4 is 16.9 Å². The summed E-state index contributed by atoms with van der Waals surface area (Å²) in [6.45, 7) is 2.66. The number of nitrogens with one attached hydrogen (secondary N) is 1. The van der Waals surface area contributed by atoms with Gasteiger partial charge >= 0.3 is 0 Å². The lowest BCUT2D eigenvalue weighted by atomic mass is 9.98. The Morgan fingerprint density at radius 1 is 0.902 bits per heavy atom. The maximum atomic E-state index is 11.4. The summed E-state index contributed by atoms with van der Waals surface area (Å²) in [5, 5.41) is 12.4. The molecule has 0 radical (unpaired) electrons. The van der Waals surface area contributed by atoms with Crippen LogP contribution in [0, 0.1) is 0 Å². The van der Waals surface area contributed by atoms with E-state index in [4.69, 9.17) is 9.47 Å². The second-order valence-electron chi connectivity index (χ2n) is 10.5. The molecule has 3 atom stereocenters. The number of benzene rings is 4. The molecule has 1 aliphatic rings. The number of amides is 1. The molecule has 1 saturated heterocycles. The Labute approximate surface area is 239 Å². The average molecular weight is 548 g/mol. The lowest BCUT2D eigenvalue weighted by Crippen LogP contribution is -2.32. The smallest absolute Gasteiger partial charge is 0.217 e. The van der Waals surface area contributed by atoms with Crippen molar-refractivity contribution in [1.82, 2.24) is 14.9 Å². The number of imidazole rings is 1. The van der Waals surface area contributed by atoms with Crippen LogP contribution in [0.15, 0.2) is 103 Å². The number of ether oxygens (including phenoxy) is 2. The molecule has 1 aromatic heterocycles. The van der Waals surface area contributed by atoms with Gasteiger partial charge in [-0.15, -0.1) is 0 Å². The molecule has 6 rings (SSSR count). The van der Waals surface area contributed by atoms with E-state index in [0.29, 0.717) is 19.5 Å². The fourth-order valence-corrected chi connectivity index (χ4v) is 5.36. The Morgan fingerprint density at radius 3 is 2.49 bits per heavy atom. The van der Waals surface area contributed by atoms with E-state index in [2.05, 4.69) is 45.2 Å². The molecular weight excluding hydrogens is 514 g/mol. The van der Waals surface area contributed by atoms with Gasteiger partial charge in [0.2, 0.25) is 5.91 Å². The SMILES string of the molecule is CC(=O)NCc1cccc(-c2cccc(C3OC(Cn4cnc5ccccc54)CC(c4ccc(CO)cc4)O3)c2)c1. The molecule has 4 aromatic carbocycles. The zero-order chi connectivity index (χ0) is 28.2. The Kier molecular flexibility index (Phi) is 7.91. The van der Waals surface area contributed by atoms with Gasteiger partial charge in [-0.2, -0.15) is 0 Å². The summed E-state index contributed by atoms with van der Waals surface area (Å²) in [6, 6.07) is 32.5. The predicted octanol–water partition coefficient (Wildman–Crippen LogP) is 6.08. The quantitative estimate of drug-likeness (QED) is 0.246. The predicted molar refractivity (Wildman–Crippen MR) is 158 cm³/mol. The topological polar surface area (TPSA) is 85.6 Å². The van der Waals surface area contributed by atoms with Crippen LogP contribution in [-0.4, -0.2) is 26.7 Å². The van der Waals surface area contributed by atoms with Crippen molar-refractivity contribution in [2.24, 2.45) is 0 Å². The zero-order valence-corrected chi connectivity index (χ0v) is 22.9. The fourth-order valence-electron chi connectivity index (χ4n) is 5.36. The molecule has 2 N–H and O–H groups in total. The molecule has 1 aliphatic heterocycles. The monoisotopic (exact) mass is 547 g/mol. The molecule has 1 fully saturated rings. The number of hydrogen-bond acceptors (Lipinski definition) is 5. The number of para-hydroxylation sites is 2. The molecule has 208 valence electrons. The Balaban J connectivity index is 1.29. The van der Waals surface area contributed by atoms with Gasteiger partial charge in [-0.25, -0.2) is 4.98 Å². The maximum absolute atomic E-state index is 11.4. The normalized spacial score (nSPS) is 18.8. The van der Waals surface area contributed by atoms with Crippen LogP contribution in [0.5, 0.6) is 0 Å². The molecule has 5 aromatic rings. The van der Waals surface area contributed by atoms with Gasteiger partial charge in [-0.1, -0.05) is 72.8 Å². The van der Waals surface area contributed by atoms with Gasteiger partial charge in [0.1, 0.15) is 0 Å². The van der Waals surface area contributed by atoms with Gasteiger partial charge in [-0.05, 0) is 52.1 Å². The number of aromatic nitrogens is 2. The highest BCUT2D eigenvalue weighted by Crippen LogP contribution is 2.39. The van der Waals surface area contributed by atoms with Crippen molar-refractivity contribution in [3.63, 3.8) is 0 Å². The molecule has 2 heterocycles. The molecule has 3 unspecified atom stereocenters. The first-order valence-electron chi connectivity index (χ1n) is 13.9. The summed E-state index contributed by atoms with van der Waals surface area (Å²) in [5.41, 5.74) is 8.03. The number of carbonyl (C=O) groups excluding carboxylic acids is 1. The van der Waals surface area contributed by atoms with Gasteiger partial charge < -0.3 is 24.5 Å². The van der Waals surface area contributed by atoms with Crippen molar-refractivity contribution in [3.05, 3.63) is 126 Å². The Bertz CT molecular complexity index is 1650. The van der Waals surface area contributed by atoms with E-state index in [0.717, 1.165) is 44.4 Å². The van der Waals surface area contributed by atoms with E-state index >= 15 is 0 Å². The van der Waals surface area contributed by atoms with Crippen LogP contribution >= 0.6 is 0 Å². The van der Waals surface area contributed by atoms with Crippen LogP contribution in [0.2, 0.25) is 0 Å². The van der Waals surface area contributed by atoms with Crippen molar-refractivity contribution in [1.29, 1.82) is 0 Å². The summed E-state index contributed by atoms with van der Waals surface area (Å²) in [4.78, 5) is 16.0. The minimum atomic E-state index is -0.562. The van der Waals surface area contributed by atoms with E-state index in [-0.39, 0.29) is 24.7 Å². The molecule has 41 heavy (non-hydrogen) atoms. The summed E-state index contributed by atoms with van der Waals surface area (Å²) >= 11 is 0. The first kappa shape index (κ1) is 26.9. The van der Waals surface area contributed by atoms with Gasteiger partial charge in [0.25, 0.3) is 0 Å². The Hall–Kier alpha value is -4.30. The van der Waals surface area contributed by atoms with Crippen molar-refractivity contribution in [2.75, 3.05) is 0 Å². The van der Waals surface area contributed by atoms with E-state index in [1.54, 1.807) is 0 Å². The highest BCUT2D eigenvalue weighted by molar-refractivity contribution is 5.75. The first-order valence-corrected chi connectivity index (χ1v) is 13.9. The molecule has 0 bridgehead atoms. The summed E-state index contributed by atoms with van der Waals surface area (Å²) in [5.74, 6) is -0.0530. The highest BCUT2D eigenvalue weighted by atomic mass is 16.7. The molecular formula is C34H33N3O4. The zero-order valence-electron chi connectivity index (χ0n) is 22.9. The summed E-state index contributed by atoms with van der Waals surface area (Å²) in [7, 11) is 0. The van der Waals surface area contributed by atoms with E-state index in [1.807, 2.05) is 73.1 Å². The van der Waals surface area contributed by atoms with Gasteiger partial charge in [0.05, 0.1) is 42.7 Å². The number of fused-ring (bicyclic) bond motifs is 1. The Morgan fingerprint density at radius 2 is 1.68 bits per heavy atom. The number of aliphatic hydroxyl groups is 1. The van der Waals surface area contributed by atoms with Gasteiger partial charge in [0.15, 0.2) is 6.29 Å². The third kappa shape index (κ3) is 6.23. The van der Waals surface area contributed by atoms with Crippen LogP contribution < -0.4 is 5.32 Å². The molecule has 0 aliphatic carbocycles. The van der Waals surface area contributed by atoms with Crippen LogP contribution in [0.25, 0.3) is 22.2 Å². The number of nitrogens with zero attached hydrogens (tertiary/aromatic N) is 2. The minimum absolute atomic E-state index is 0.00662. The van der Waals surface area contributed by atoms with Crippen molar-refractivity contribution < 1.29 is 19.4 Å².